The fraction of sp³-hybridized carbons (Fsp3) is 0.538. The van der Waals surface area contributed by atoms with Crippen LogP contribution in [-0.4, -0.2) is 27.3 Å². The highest BCUT2D eigenvalue weighted by molar-refractivity contribution is 6.31. The summed E-state index contributed by atoms with van der Waals surface area (Å²) in [4.78, 5) is 0. The predicted molar refractivity (Wildman–Crippen MR) is 74.5 cm³/mol. The van der Waals surface area contributed by atoms with Gasteiger partial charge in [0.15, 0.2) is 11.5 Å². The highest BCUT2D eigenvalue weighted by atomic mass is 35.5. The van der Waals surface area contributed by atoms with Crippen LogP contribution in [0.2, 0.25) is 5.02 Å². The number of benzene rings is 1. The number of rotatable bonds is 7. The van der Waals surface area contributed by atoms with Gasteiger partial charge in [0.1, 0.15) is 0 Å². The van der Waals surface area contributed by atoms with E-state index in [1.165, 1.54) is 0 Å². The Hall–Kier alpha value is -0.970. The quantitative estimate of drug-likeness (QED) is 0.794. The van der Waals surface area contributed by atoms with E-state index in [2.05, 4.69) is 0 Å². The van der Waals surface area contributed by atoms with Gasteiger partial charge in [0.05, 0.1) is 14.2 Å². The van der Waals surface area contributed by atoms with E-state index >= 15 is 0 Å². The molecule has 0 radical (unpaired) electrons. The fourth-order valence-electron chi connectivity index (χ4n) is 1.78. The highest BCUT2D eigenvalue weighted by Crippen LogP contribution is 2.33. The second-order valence-corrected chi connectivity index (χ2v) is 4.58. The lowest BCUT2D eigenvalue weighted by atomic mass is 9.99. The third-order valence-electron chi connectivity index (χ3n) is 3.04. The molecule has 5 heteroatoms. The molecule has 0 spiro atoms. The van der Waals surface area contributed by atoms with Crippen molar-refractivity contribution in [2.45, 2.75) is 12.8 Å². The van der Waals surface area contributed by atoms with Crippen LogP contribution in [0, 0.1) is 5.92 Å². The van der Waals surface area contributed by atoms with Crippen LogP contribution in [0.15, 0.2) is 12.1 Å². The van der Waals surface area contributed by atoms with Gasteiger partial charge in [0, 0.05) is 11.1 Å². The van der Waals surface area contributed by atoms with Crippen LogP contribution in [0.3, 0.4) is 0 Å². The average molecular weight is 273 g/mol. The first-order valence-electron chi connectivity index (χ1n) is 5.96. The van der Waals surface area contributed by atoms with E-state index < -0.39 is 0 Å². The molecule has 0 aromatic heterocycles. The molecule has 0 heterocycles. The van der Waals surface area contributed by atoms with Crippen molar-refractivity contribution in [2.75, 3.05) is 27.3 Å². The zero-order valence-corrected chi connectivity index (χ0v) is 11.7. The normalized spacial score (nSPS) is 10.8. The molecule has 1 aromatic rings. The molecule has 0 aliphatic heterocycles. The maximum atomic E-state index is 6.21. The molecule has 1 rings (SSSR count). The van der Waals surface area contributed by atoms with Crippen LogP contribution in [0.5, 0.6) is 11.5 Å². The van der Waals surface area contributed by atoms with Crippen molar-refractivity contribution in [3.63, 3.8) is 0 Å². The van der Waals surface area contributed by atoms with Gasteiger partial charge in [0.25, 0.3) is 0 Å². The third-order valence-corrected chi connectivity index (χ3v) is 3.39. The number of ether oxygens (including phenoxy) is 2. The van der Waals surface area contributed by atoms with E-state index in [0.717, 1.165) is 18.4 Å². The Balaban J connectivity index is 2.82. The molecule has 18 heavy (non-hydrogen) atoms. The van der Waals surface area contributed by atoms with Crippen LogP contribution in [0.25, 0.3) is 0 Å². The largest absolute Gasteiger partial charge is 0.493 e. The number of aryl methyl sites for hydroxylation is 1. The van der Waals surface area contributed by atoms with E-state index in [0.29, 0.717) is 35.5 Å². The molecule has 0 fully saturated rings. The van der Waals surface area contributed by atoms with Crippen molar-refractivity contribution in [3.05, 3.63) is 22.7 Å². The summed E-state index contributed by atoms with van der Waals surface area (Å²) < 4.78 is 10.4. The van der Waals surface area contributed by atoms with Crippen molar-refractivity contribution in [3.8, 4) is 11.5 Å². The lowest BCUT2D eigenvalue weighted by Gasteiger charge is -2.14. The summed E-state index contributed by atoms with van der Waals surface area (Å²) in [6.07, 6.45) is 1.75. The first kappa shape index (κ1) is 15.1. The fourth-order valence-corrected chi connectivity index (χ4v) is 2.03. The topological polar surface area (TPSA) is 70.5 Å². The summed E-state index contributed by atoms with van der Waals surface area (Å²) in [5.41, 5.74) is 12.3. The predicted octanol–water partition coefficient (Wildman–Crippen LogP) is 1.82. The number of hydrogen-bond acceptors (Lipinski definition) is 4. The molecule has 4 nitrogen and oxygen atoms in total. The smallest absolute Gasteiger partial charge is 0.162 e. The second-order valence-electron chi connectivity index (χ2n) is 4.17. The average Bonchev–Trinajstić information content (AvgIpc) is 2.40. The van der Waals surface area contributed by atoms with Gasteiger partial charge in [-0.05, 0) is 43.5 Å². The van der Waals surface area contributed by atoms with Crippen LogP contribution >= 0.6 is 11.6 Å². The third kappa shape index (κ3) is 3.77. The van der Waals surface area contributed by atoms with Gasteiger partial charge in [-0.25, -0.2) is 0 Å². The number of hydrogen-bond donors (Lipinski definition) is 2. The van der Waals surface area contributed by atoms with E-state index in [1.807, 2.05) is 6.07 Å². The Labute approximate surface area is 113 Å². The molecule has 4 N–H and O–H groups in total. The highest BCUT2D eigenvalue weighted by Gasteiger charge is 2.11. The van der Waals surface area contributed by atoms with Gasteiger partial charge in [-0.1, -0.05) is 11.6 Å². The molecular formula is C13H21ClN2O2. The minimum absolute atomic E-state index is 0.328. The number of methoxy groups -OCH3 is 2. The molecule has 0 unspecified atom stereocenters. The standard InChI is InChI=1S/C13H21ClN2O2/c1-17-12-5-10(4-3-9(7-15)8-16)11(14)6-13(12)18-2/h5-6,9H,3-4,7-8,15-16H2,1-2H3. The first-order valence-corrected chi connectivity index (χ1v) is 6.34. The van der Waals surface area contributed by atoms with Gasteiger partial charge in [0.2, 0.25) is 0 Å². The van der Waals surface area contributed by atoms with Crippen LogP contribution < -0.4 is 20.9 Å². The summed E-state index contributed by atoms with van der Waals surface area (Å²) in [6, 6.07) is 3.68. The Bertz CT molecular complexity index is 381. The van der Waals surface area contributed by atoms with Crippen molar-refractivity contribution >= 4 is 11.6 Å². The monoisotopic (exact) mass is 272 g/mol. The lowest BCUT2D eigenvalue weighted by molar-refractivity contribution is 0.354. The van der Waals surface area contributed by atoms with Gasteiger partial charge in [-0.15, -0.1) is 0 Å². The second kappa shape index (κ2) is 7.46. The first-order chi connectivity index (χ1) is 8.65. The molecular weight excluding hydrogens is 252 g/mol. The van der Waals surface area contributed by atoms with Gasteiger partial charge < -0.3 is 20.9 Å². The SMILES string of the molecule is COc1cc(Cl)c(CCC(CN)CN)cc1OC. The Morgan fingerprint density at radius 2 is 1.67 bits per heavy atom. The molecule has 0 atom stereocenters. The van der Waals surface area contributed by atoms with Crippen LogP contribution in [0.4, 0.5) is 0 Å². The lowest BCUT2D eigenvalue weighted by Crippen LogP contribution is -2.23. The van der Waals surface area contributed by atoms with Crippen molar-refractivity contribution in [1.82, 2.24) is 0 Å². The van der Waals surface area contributed by atoms with Gasteiger partial charge in [-0.2, -0.15) is 0 Å². The van der Waals surface area contributed by atoms with E-state index in [1.54, 1.807) is 20.3 Å². The molecule has 0 bridgehead atoms. The van der Waals surface area contributed by atoms with E-state index in [9.17, 15) is 0 Å². The Morgan fingerprint density at radius 3 is 2.17 bits per heavy atom. The number of halogens is 1. The summed E-state index contributed by atoms with van der Waals surface area (Å²) >= 11 is 6.21. The summed E-state index contributed by atoms with van der Waals surface area (Å²) in [5, 5.41) is 0.681. The summed E-state index contributed by atoms with van der Waals surface area (Å²) in [7, 11) is 3.20. The van der Waals surface area contributed by atoms with Crippen LogP contribution in [-0.2, 0) is 6.42 Å². The summed E-state index contributed by atoms with van der Waals surface area (Å²) in [6.45, 7) is 1.20. The zero-order chi connectivity index (χ0) is 13.5. The van der Waals surface area contributed by atoms with E-state index in [4.69, 9.17) is 32.5 Å². The molecule has 0 aliphatic carbocycles. The molecule has 0 saturated carbocycles. The molecule has 0 amide bonds. The molecule has 102 valence electrons. The molecule has 0 aliphatic rings. The van der Waals surface area contributed by atoms with Gasteiger partial charge in [-0.3, -0.25) is 0 Å². The minimum Gasteiger partial charge on any atom is -0.493 e. The maximum Gasteiger partial charge on any atom is 0.162 e. The maximum absolute atomic E-state index is 6.21. The zero-order valence-electron chi connectivity index (χ0n) is 10.9. The van der Waals surface area contributed by atoms with Crippen molar-refractivity contribution in [1.29, 1.82) is 0 Å². The summed E-state index contributed by atoms with van der Waals surface area (Å²) in [5.74, 6) is 1.66. The number of nitrogens with two attached hydrogens (primary N) is 2. The van der Waals surface area contributed by atoms with Crippen molar-refractivity contribution in [2.24, 2.45) is 17.4 Å². The minimum atomic E-state index is 0.328. The van der Waals surface area contributed by atoms with Crippen LogP contribution in [0.1, 0.15) is 12.0 Å². The Kier molecular flexibility index (Phi) is 6.25. The van der Waals surface area contributed by atoms with Crippen molar-refractivity contribution < 1.29 is 9.47 Å². The Morgan fingerprint density at radius 1 is 1.11 bits per heavy atom. The van der Waals surface area contributed by atoms with Gasteiger partial charge >= 0.3 is 0 Å². The molecule has 1 aromatic carbocycles. The molecule has 0 saturated heterocycles. The van der Waals surface area contributed by atoms with E-state index in [-0.39, 0.29) is 0 Å².